The molecule has 2 atom stereocenters. The van der Waals surface area contributed by atoms with Crippen LogP contribution in [0.5, 0.6) is 0 Å². The van der Waals surface area contributed by atoms with Gasteiger partial charge in [-0.2, -0.15) is 18.3 Å². The van der Waals surface area contributed by atoms with Gasteiger partial charge in [0, 0.05) is 48.3 Å². The van der Waals surface area contributed by atoms with Crippen LogP contribution < -0.4 is 0 Å². The lowest BCUT2D eigenvalue weighted by atomic mass is 9.81. The van der Waals surface area contributed by atoms with E-state index >= 15 is 0 Å². The van der Waals surface area contributed by atoms with E-state index in [2.05, 4.69) is 27.1 Å². The molecule has 5 heterocycles. The first kappa shape index (κ1) is 23.5. The topological polar surface area (TPSA) is 89.4 Å². The molecule has 1 fully saturated rings. The number of halogens is 3. The van der Waals surface area contributed by atoms with Crippen LogP contribution in [-0.2, 0) is 42.6 Å². The Kier molecular flexibility index (Phi) is 6.03. The Bertz CT molecular complexity index is 1170. The number of aromatic nitrogens is 4. The molecule has 34 heavy (non-hydrogen) atoms. The lowest BCUT2D eigenvalue weighted by Crippen LogP contribution is -2.50. The molecule has 0 radical (unpaired) electrons. The third-order valence-corrected chi connectivity index (χ3v) is 8.17. The molecule has 1 N–H and O–H groups in total. The Morgan fingerprint density at radius 2 is 2.12 bits per heavy atom. The van der Waals surface area contributed by atoms with Gasteiger partial charge in [-0.05, 0) is 31.7 Å². The molecular weight excluding hydrogens is 471 g/mol. The zero-order valence-electron chi connectivity index (χ0n) is 18.9. The summed E-state index contributed by atoms with van der Waals surface area (Å²) in [6.07, 6.45) is 0.858. The van der Waals surface area contributed by atoms with E-state index in [-0.39, 0.29) is 11.6 Å². The molecule has 0 aliphatic carbocycles. The van der Waals surface area contributed by atoms with Gasteiger partial charge >= 0.3 is 6.18 Å². The second-order valence-corrected chi connectivity index (χ2v) is 10.0. The number of hydrogen-bond acceptors (Lipinski definition) is 8. The smallest absolute Gasteiger partial charge is 0.424 e. The Labute approximate surface area is 198 Å². The van der Waals surface area contributed by atoms with Crippen LogP contribution in [0.1, 0.15) is 58.0 Å². The average Bonchev–Trinajstić information content (AvgIpc) is 3.49. The van der Waals surface area contributed by atoms with Gasteiger partial charge < -0.3 is 14.3 Å². The number of nitrogens with zero attached hydrogens (tertiary/aromatic N) is 5. The van der Waals surface area contributed by atoms with Gasteiger partial charge in [-0.1, -0.05) is 0 Å². The third kappa shape index (κ3) is 4.28. The minimum absolute atomic E-state index is 0.0223. The molecule has 1 saturated heterocycles. The Hall–Kier alpha value is -2.28. The van der Waals surface area contributed by atoms with Crippen molar-refractivity contribution >= 4 is 11.3 Å². The molecule has 0 unspecified atom stereocenters. The van der Waals surface area contributed by atoms with Crippen molar-refractivity contribution in [2.75, 3.05) is 13.2 Å². The van der Waals surface area contributed by atoms with E-state index in [0.717, 1.165) is 16.9 Å². The van der Waals surface area contributed by atoms with Crippen molar-refractivity contribution in [2.45, 2.75) is 70.6 Å². The lowest BCUT2D eigenvalue weighted by Gasteiger charge is -2.47. The van der Waals surface area contributed by atoms with Gasteiger partial charge in [0.15, 0.2) is 0 Å². The van der Waals surface area contributed by atoms with Gasteiger partial charge in [0.25, 0.3) is 0 Å². The standard InChI is InChI=1S/C22H26F3N5O3S/c1-13-7-21(19-16(3-6-32-21)17(12-31)20(34-19)22(23,24)25)4-5-29(13)9-15-8-26-30(10-15)11-18-28-27-14(2)33-18/h8,10,13,31H,3-7,9,11-12H2,1-2H3/t13-,21+/m0/s1. The molecule has 5 rings (SSSR count). The van der Waals surface area contributed by atoms with E-state index in [9.17, 15) is 18.3 Å². The van der Waals surface area contributed by atoms with Crippen molar-refractivity contribution in [2.24, 2.45) is 0 Å². The predicted molar refractivity (Wildman–Crippen MR) is 116 cm³/mol. The highest BCUT2D eigenvalue weighted by Gasteiger charge is 2.48. The van der Waals surface area contributed by atoms with Gasteiger partial charge in [-0.15, -0.1) is 21.5 Å². The molecule has 2 aliphatic heterocycles. The maximum absolute atomic E-state index is 13.6. The molecule has 3 aromatic rings. The van der Waals surface area contributed by atoms with E-state index < -0.39 is 23.3 Å². The summed E-state index contributed by atoms with van der Waals surface area (Å²) in [5.41, 5.74) is 0.947. The zero-order valence-corrected chi connectivity index (χ0v) is 19.7. The van der Waals surface area contributed by atoms with Crippen molar-refractivity contribution in [1.29, 1.82) is 0 Å². The summed E-state index contributed by atoms with van der Waals surface area (Å²) in [5.74, 6) is 0.993. The average molecular weight is 498 g/mol. The van der Waals surface area contributed by atoms with Crippen molar-refractivity contribution in [3.8, 4) is 0 Å². The Morgan fingerprint density at radius 1 is 1.29 bits per heavy atom. The molecule has 8 nitrogen and oxygen atoms in total. The first-order chi connectivity index (χ1) is 16.2. The van der Waals surface area contributed by atoms with Crippen molar-refractivity contribution < 1.29 is 27.4 Å². The van der Waals surface area contributed by atoms with Gasteiger partial charge in [0.05, 0.1) is 19.4 Å². The van der Waals surface area contributed by atoms with Crippen LogP contribution in [0.3, 0.4) is 0 Å². The molecule has 2 aliphatic rings. The number of thiophene rings is 1. The fourth-order valence-corrected chi connectivity index (χ4v) is 6.53. The number of piperidine rings is 1. The quantitative estimate of drug-likeness (QED) is 0.576. The molecule has 3 aromatic heterocycles. The van der Waals surface area contributed by atoms with Crippen LogP contribution in [0.4, 0.5) is 13.2 Å². The highest BCUT2D eigenvalue weighted by Crippen LogP contribution is 2.51. The lowest BCUT2D eigenvalue weighted by molar-refractivity contribution is -0.135. The number of hydrogen-bond donors (Lipinski definition) is 1. The number of alkyl halides is 3. The molecule has 0 bridgehead atoms. The second-order valence-electron chi connectivity index (χ2n) is 9.00. The summed E-state index contributed by atoms with van der Waals surface area (Å²) in [5, 5.41) is 21.9. The highest BCUT2D eigenvalue weighted by molar-refractivity contribution is 7.12. The van der Waals surface area contributed by atoms with Crippen LogP contribution in [0.25, 0.3) is 0 Å². The van der Waals surface area contributed by atoms with Crippen LogP contribution >= 0.6 is 11.3 Å². The number of aryl methyl sites for hydroxylation is 1. The summed E-state index contributed by atoms with van der Waals surface area (Å²) >= 11 is 0.750. The zero-order chi connectivity index (χ0) is 24.1. The Balaban J connectivity index is 1.31. The molecule has 0 saturated carbocycles. The van der Waals surface area contributed by atoms with Gasteiger partial charge in [-0.25, -0.2) is 0 Å². The predicted octanol–water partition coefficient (Wildman–Crippen LogP) is 3.65. The van der Waals surface area contributed by atoms with Crippen molar-refractivity contribution in [3.05, 3.63) is 50.6 Å². The fourth-order valence-electron chi connectivity index (χ4n) is 5.12. The molecular formula is C22H26F3N5O3S. The fraction of sp³-hybridized carbons (Fsp3) is 0.591. The van der Waals surface area contributed by atoms with Gasteiger partial charge in [0.2, 0.25) is 11.8 Å². The molecule has 0 aromatic carbocycles. The van der Waals surface area contributed by atoms with Crippen LogP contribution in [0.2, 0.25) is 0 Å². The number of aliphatic hydroxyl groups excluding tert-OH is 1. The summed E-state index contributed by atoms with van der Waals surface area (Å²) < 4.78 is 54.2. The number of ether oxygens (including phenoxy) is 1. The molecule has 1 spiro atoms. The maximum atomic E-state index is 13.6. The first-order valence-electron chi connectivity index (χ1n) is 11.2. The van der Waals surface area contributed by atoms with Crippen LogP contribution in [-0.4, -0.2) is 49.2 Å². The molecule has 0 amide bonds. The van der Waals surface area contributed by atoms with Crippen molar-refractivity contribution in [1.82, 2.24) is 24.9 Å². The first-order valence-corrected chi connectivity index (χ1v) is 12.0. The largest absolute Gasteiger partial charge is 0.425 e. The minimum atomic E-state index is -4.48. The van der Waals surface area contributed by atoms with Crippen molar-refractivity contribution in [3.63, 3.8) is 0 Å². The van der Waals surface area contributed by atoms with Crippen LogP contribution in [0, 0.1) is 6.92 Å². The number of aliphatic hydroxyl groups is 1. The van der Waals surface area contributed by atoms with Crippen LogP contribution in [0.15, 0.2) is 16.8 Å². The highest BCUT2D eigenvalue weighted by atomic mass is 32.1. The number of rotatable bonds is 5. The SMILES string of the molecule is Cc1nnc(Cn2cc(CN3CC[C@]4(C[C@@H]3C)OCCc3c4sc(C(F)(F)F)c3CO)cn2)o1. The minimum Gasteiger partial charge on any atom is -0.424 e. The normalized spacial score (nSPS) is 23.5. The summed E-state index contributed by atoms with van der Waals surface area (Å²) in [7, 11) is 0. The van der Waals surface area contributed by atoms with E-state index in [1.54, 1.807) is 17.8 Å². The monoisotopic (exact) mass is 497 g/mol. The van der Waals surface area contributed by atoms with E-state index in [1.807, 2.05) is 6.20 Å². The molecule has 12 heteroatoms. The van der Waals surface area contributed by atoms with E-state index in [4.69, 9.17) is 9.15 Å². The number of fused-ring (bicyclic) bond motifs is 2. The van der Waals surface area contributed by atoms with Gasteiger partial charge in [-0.3, -0.25) is 9.58 Å². The third-order valence-electron chi connectivity index (χ3n) is 6.67. The second kappa shape index (κ2) is 8.74. The summed E-state index contributed by atoms with van der Waals surface area (Å²) in [4.78, 5) is 2.25. The summed E-state index contributed by atoms with van der Waals surface area (Å²) in [6.45, 7) is 5.32. The molecule has 184 valence electrons. The van der Waals surface area contributed by atoms with E-state index in [0.29, 0.717) is 67.7 Å². The number of likely N-dealkylation sites (tertiary alicyclic amines) is 1. The summed E-state index contributed by atoms with van der Waals surface area (Å²) in [6, 6.07) is 0.0932. The maximum Gasteiger partial charge on any atom is 0.425 e. The van der Waals surface area contributed by atoms with E-state index in [1.165, 1.54) is 0 Å². The van der Waals surface area contributed by atoms with Gasteiger partial charge in [0.1, 0.15) is 17.0 Å². The Morgan fingerprint density at radius 3 is 2.79 bits per heavy atom.